The summed E-state index contributed by atoms with van der Waals surface area (Å²) >= 11 is 0. The Morgan fingerprint density at radius 1 is 0.786 bits per heavy atom. The summed E-state index contributed by atoms with van der Waals surface area (Å²) in [4.78, 5) is 16.0. The molecule has 1 aliphatic rings. The van der Waals surface area contributed by atoms with E-state index in [0.29, 0.717) is 18.4 Å². The molecule has 42 heavy (non-hydrogen) atoms. The van der Waals surface area contributed by atoms with E-state index in [1.807, 2.05) is 36.4 Å². The average Bonchev–Trinajstić information content (AvgIpc) is 3.28. The van der Waals surface area contributed by atoms with Crippen molar-refractivity contribution in [2.24, 2.45) is 0 Å². The first-order valence-corrected chi connectivity index (χ1v) is 14.8. The van der Waals surface area contributed by atoms with Crippen LogP contribution in [0.15, 0.2) is 114 Å². The normalized spacial score (nSPS) is 16.1. The van der Waals surface area contributed by atoms with Crippen LogP contribution in [0.3, 0.4) is 0 Å². The lowest BCUT2D eigenvalue weighted by Crippen LogP contribution is -2.31. The Morgan fingerprint density at radius 3 is 2.12 bits per heavy atom. The molecule has 1 fully saturated rings. The topological polar surface area (TPSA) is 47.4 Å². The van der Waals surface area contributed by atoms with E-state index in [2.05, 4.69) is 53.4 Å². The fourth-order valence-electron chi connectivity index (χ4n) is 5.99. The van der Waals surface area contributed by atoms with E-state index < -0.39 is 0 Å². The molecule has 1 unspecified atom stereocenters. The minimum atomic E-state index is -0.259. The predicted molar refractivity (Wildman–Crippen MR) is 165 cm³/mol. The van der Waals surface area contributed by atoms with Crippen molar-refractivity contribution in [3.63, 3.8) is 0 Å². The van der Waals surface area contributed by atoms with Gasteiger partial charge in [-0.1, -0.05) is 91.0 Å². The number of aromatic nitrogens is 2. The summed E-state index contributed by atoms with van der Waals surface area (Å²) in [6, 6.07) is 35.0. The number of rotatable bonds is 9. The summed E-state index contributed by atoms with van der Waals surface area (Å²) in [7, 11) is 0. The van der Waals surface area contributed by atoms with Crippen LogP contribution in [0.2, 0.25) is 0 Å². The van der Waals surface area contributed by atoms with Crippen LogP contribution in [-0.2, 0) is 11.2 Å². The Labute approximate surface area is 246 Å². The molecule has 1 aromatic heterocycles. The number of ether oxygens (including phenoxy) is 1. The molecule has 0 amide bonds. The number of benzene rings is 4. The van der Waals surface area contributed by atoms with Gasteiger partial charge < -0.3 is 9.64 Å². The molecule has 0 bridgehead atoms. The van der Waals surface area contributed by atoms with Gasteiger partial charge in [0, 0.05) is 24.9 Å². The smallest absolute Gasteiger partial charge is 0.274 e. The molecule has 1 atom stereocenters. The quantitative estimate of drug-likeness (QED) is 0.195. The highest BCUT2D eigenvalue weighted by Crippen LogP contribution is 2.27. The van der Waals surface area contributed by atoms with Crippen molar-refractivity contribution in [1.82, 2.24) is 14.7 Å². The Morgan fingerprint density at radius 2 is 1.43 bits per heavy atom. The fourth-order valence-corrected chi connectivity index (χ4v) is 5.99. The van der Waals surface area contributed by atoms with Gasteiger partial charge >= 0.3 is 0 Å². The average molecular weight is 562 g/mol. The lowest BCUT2D eigenvalue weighted by atomic mass is 10.0. The number of fused-ring (bicyclic) bond motifs is 1. The van der Waals surface area contributed by atoms with Crippen molar-refractivity contribution in [2.75, 3.05) is 26.2 Å². The van der Waals surface area contributed by atoms with Crippen LogP contribution in [0.1, 0.15) is 53.8 Å². The van der Waals surface area contributed by atoms with Crippen LogP contribution in [-0.4, -0.2) is 40.9 Å². The van der Waals surface area contributed by atoms with Gasteiger partial charge in [-0.05, 0) is 60.7 Å². The van der Waals surface area contributed by atoms with Gasteiger partial charge in [-0.25, -0.2) is 9.07 Å². The third-order valence-corrected chi connectivity index (χ3v) is 8.22. The highest BCUT2D eigenvalue weighted by Gasteiger charge is 2.23. The van der Waals surface area contributed by atoms with Gasteiger partial charge in [-0.15, -0.1) is 0 Å². The second-order valence-corrected chi connectivity index (χ2v) is 11.0. The summed E-state index contributed by atoms with van der Waals surface area (Å²) in [6.07, 6.45) is 3.17. The molecule has 0 N–H and O–H groups in total. The van der Waals surface area contributed by atoms with Gasteiger partial charge in [0.1, 0.15) is 11.9 Å². The molecule has 0 aliphatic carbocycles. The number of hydrogen-bond donors (Lipinski definition) is 0. The van der Waals surface area contributed by atoms with Crippen LogP contribution in [0.25, 0.3) is 10.8 Å². The summed E-state index contributed by atoms with van der Waals surface area (Å²) in [5.41, 5.74) is 4.08. The van der Waals surface area contributed by atoms with Crippen LogP contribution in [0.4, 0.5) is 4.39 Å². The van der Waals surface area contributed by atoms with E-state index in [4.69, 9.17) is 9.84 Å². The Bertz CT molecular complexity index is 1620. The van der Waals surface area contributed by atoms with Crippen LogP contribution in [0.5, 0.6) is 0 Å². The molecule has 1 aliphatic heterocycles. The number of likely N-dealkylation sites (tertiary alicyclic amines) is 1. The van der Waals surface area contributed by atoms with Crippen molar-refractivity contribution >= 4 is 10.8 Å². The van der Waals surface area contributed by atoms with Gasteiger partial charge in [-0.3, -0.25) is 4.79 Å². The van der Waals surface area contributed by atoms with E-state index >= 15 is 0 Å². The van der Waals surface area contributed by atoms with Gasteiger partial charge in [-0.2, -0.15) is 5.10 Å². The zero-order valence-corrected chi connectivity index (χ0v) is 23.7. The maximum absolute atomic E-state index is 13.6. The number of nitrogens with zero attached hydrogens (tertiary/aromatic N) is 3. The van der Waals surface area contributed by atoms with E-state index in [0.717, 1.165) is 66.7 Å². The van der Waals surface area contributed by atoms with E-state index in [1.165, 1.54) is 12.1 Å². The first-order valence-electron chi connectivity index (χ1n) is 14.8. The van der Waals surface area contributed by atoms with Gasteiger partial charge in [0.2, 0.25) is 0 Å². The molecule has 4 aromatic carbocycles. The van der Waals surface area contributed by atoms with Crippen molar-refractivity contribution in [3.8, 4) is 0 Å². The molecule has 5 aromatic rings. The van der Waals surface area contributed by atoms with Gasteiger partial charge in [0.15, 0.2) is 0 Å². The maximum Gasteiger partial charge on any atom is 0.274 e. The third kappa shape index (κ3) is 6.51. The minimum absolute atomic E-state index is 0.0291. The van der Waals surface area contributed by atoms with Crippen molar-refractivity contribution in [2.45, 2.75) is 37.8 Å². The Hall–Kier alpha value is -4.13. The number of hydrogen-bond acceptors (Lipinski definition) is 4. The molecule has 6 heteroatoms. The zero-order valence-electron chi connectivity index (χ0n) is 23.7. The maximum atomic E-state index is 13.6. The largest absolute Gasteiger partial charge is 0.367 e. The highest BCUT2D eigenvalue weighted by molar-refractivity contribution is 5.83. The molecule has 0 spiro atoms. The first-order chi connectivity index (χ1) is 20.7. The standard InChI is InChI=1S/C36H36FN3O2/c37-30-19-17-27(18-20-30)26-34-32-15-7-8-16-33(32)36(41)40(38-34)31-14-9-22-39(23-21-31)24-25-42-35(28-10-3-1-4-11-28)29-12-5-2-6-13-29/h1-8,10-13,15-20,31,35H,9,14,21-26H2. The van der Waals surface area contributed by atoms with Crippen LogP contribution in [0, 0.1) is 5.82 Å². The van der Waals surface area contributed by atoms with E-state index in [1.54, 1.807) is 16.8 Å². The second-order valence-electron chi connectivity index (χ2n) is 11.0. The van der Waals surface area contributed by atoms with E-state index in [9.17, 15) is 9.18 Å². The second kappa shape index (κ2) is 13.2. The van der Waals surface area contributed by atoms with Crippen LogP contribution < -0.4 is 5.56 Å². The van der Waals surface area contributed by atoms with Gasteiger partial charge in [0.25, 0.3) is 5.56 Å². The molecule has 0 saturated carbocycles. The fraction of sp³-hybridized carbons (Fsp3) is 0.278. The summed E-state index contributed by atoms with van der Waals surface area (Å²) in [6.45, 7) is 3.30. The minimum Gasteiger partial charge on any atom is -0.367 e. The highest BCUT2D eigenvalue weighted by atomic mass is 19.1. The molecule has 214 valence electrons. The molecular formula is C36H36FN3O2. The summed E-state index contributed by atoms with van der Waals surface area (Å²) in [5.74, 6) is -0.259. The van der Waals surface area contributed by atoms with E-state index in [-0.39, 0.29) is 23.5 Å². The van der Waals surface area contributed by atoms with Crippen molar-refractivity contribution in [1.29, 1.82) is 0 Å². The summed E-state index contributed by atoms with van der Waals surface area (Å²) < 4.78 is 21.7. The molecule has 1 saturated heterocycles. The molecule has 5 nitrogen and oxygen atoms in total. The molecule has 6 rings (SSSR count). The monoisotopic (exact) mass is 561 g/mol. The lowest BCUT2D eigenvalue weighted by Gasteiger charge is -2.24. The van der Waals surface area contributed by atoms with Crippen molar-refractivity contribution < 1.29 is 9.13 Å². The van der Waals surface area contributed by atoms with Crippen molar-refractivity contribution in [3.05, 3.63) is 148 Å². The first kappa shape index (κ1) is 28.0. The molecule has 0 radical (unpaired) electrons. The Balaban J connectivity index is 1.15. The molecular weight excluding hydrogens is 525 g/mol. The molecule has 2 heterocycles. The van der Waals surface area contributed by atoms with Crippen LogP contribution >= 0.6 is 0 Å². The Kier molecular flexibility index (Phi) is 8.83. The third-order valence-electron chi connectivity index (χ3n) is 8.22. The zero-order chi connectivity index (χ0) is 28.7. The lowest BCUT2D eigenvalue weighted by molar-refractivity contribution is 0.0603. The predicted octanol–water partition coefficient (Wildman–Crippen LogP) is 6.96. The summed E-state index contributed by atoms with van der Waals surface area (Å²) in [5, 5.41) is 6.48. The SMILES string of the molecule is O=c1c2ccccc2c(Cc2ccc(F)cc2)nn1C1CCCN(CCOC(c2ccccc2)c2ccccc2)CC1. The number of halogens is 1. The van der Waals surface area contributed by atoms with Gasteiger partial charge in [0.05, 0.1) is 23.7 Å².